The summed E-state index contributed by atoms with van der Waals surface area (Å²) in [5.41, 5.74) is 5.28. The Hall–Kier alpha value is -1.14. The van der Waals surface area contributed by atoms with Gasteiger partial charge in [0.1, 0.15) is 5.01 Å². The van der Waals surface area contributed by atoms with Crippen molar-refractivity contribution < 1.29 is 13.2 Å². The molecule has 0 aliphatic rings. The monoisotopic (exact) mass is 232 g/mol. The van der Waals surface area contributed by atoms with Gasteiger partial charge in [-0.15, -0.1) is 11.3 Å². The van der Waals surface area contributed by atoms with Crippen molar-refractivity contribution in [1.29, 1.82) is 0 Å². The Kier molecular flexibility index (Phi) is 2.40. The highest BCUT2D eigenvalue weighted by Gasteiger charge is 2.30. The highest BCUT2D eigenvalue weighted by atomic mass is 32.1. The number of nitrogens with two attached hydrogens (primary N) is 1. The van der Waals surface area contributed by atoms with E-state index in [0.717, 1.165) is 12.1 Å². The van der Waals surface area contributed by atoms with Crippen LogP contribution in [0.15, 0.2) is 18.2 Å². The maximum atomic E-state index is 12.4. The summed E-state index contributed by atoms with van der Waals surface area (Å²) in [5, 5.41) is 0.643. The van der Waals surface area contributed by atoms with Crippen LogP contribution in [0.1, 0.15) is 10.6 Å². The molecule has 2 nitrogen and oxygen atoms in total. The summed E-state index contributed by atoms with van der Waals surface area (Å²) in [6.07, 6.45) is -4.30. The molecule has 1 heterocycles. The largest absolute Gasteiger partial charge is 0.416 e. The Morgan fingerprint density at radius 3 is 2.67 bits per heavy atom. The summed E-state index contributed by atoms with van der Waals surface area (Å²) in [4.78, 5) is 4.08. The lowest BCUT2D eigenvalue weighted by atomic mass is 10.2. The van der Waals surface area contributed by atoms with Gasteiger partial charge in [-0.3, -0.25) is 0 Å². The molecule has 0 radical (unpaired) electrons. The number of hydrogen-bond acceptors (Lipinski definition) is 3. The van der Waals surface area contributed by atoms with Gasteiger partial charge in [-0.2, -0.15) is 13.2 Å². The van der Waals surface area contributed by atoms with Crippen LogP contribution in [-0.4, -0.2) is 4.98 Å². The first-order valence-electron chi connectivity index (χ1n) is 4.17. The molecule has 0 aliphatic heterocycles. The number of halogens is 3. The van der Waals surface area contributed by atoms with E-state index in [-0.39, 0.29) is 6.54 Å². The van der Waals surface area contributed by atoms with Crippen molar-refractivity contribution in [3.8, 4) is 0 Å². The molecule has 0 amide bonds. The van der Waals surface area contributed by atoms with Crippen LogP contribution < -0.4 is 5.73 Å². The standard InChI is InChI=1S/C9H7F3N2S/c10-9(11,12)5-1-2-6-7(3-5)15-8(4-13)14-6/h1-3H,4,13H2. The molecule has 2 rings (SSSR count). The van der Waals surface area contributed by atoms with Gasteiger partial charge in [0.25, 0.3) is 0 Å². The number of fused-ring (bicyclic) bond motifs is 1. The molecule has 0 spiro atoms. The van der Waals surface area contributed by atoms with Gasteiger partial charge in [0.15, 0.2) is 0 Å². The van der Waals surface area contributed by atoms with E-state index in [1.54, 1.807) is 0 Å². The molecule has 80 valence electrons. The molecular weight excluding hydrogens is 225 g/mol. The summed E-state index contributed by atoms with van der Waals surface area (Å²) in [5.74, 6) is 0. The minimum atomic E-state index is -4.30. The predicted octanol–water partition coefficient (Wildman–Crippen LogP) is 2.77. The maximum Gasteiger partial charge on any atom is 0.416 e. The second-order valence-electron chi connectivity index (χ2n) is 2.99. The quantitative estimate of drug-likeness (QED) is 0.821. The van der Waals surface area contributed by atoms with E-state index in [2.05, 4.69) is 4.98 Å². The topological polar surface area (TPSA) is 38.9 Å². The molecule has 0 saturated heterocycles. The molecule has 0 atom stereocenters. The van der Waals surface area contributed by atoms with E-state index >= 15 is 0 Å². The Balaban J connectivity index is 2.55. The molecule has 1 aromatic carbocycles. The van der Waals surface area contributed by atoms with Crippen LogP contribution in [0.3, 0.4) is 0 Å². The van der Waals surface area contributed by atoms with E-state index in [1.165, 1.54) is 17.4 Å². The van der Waals surface area contributed by atoms with E-state index in [0.29, 0.717) is 15.2 Å². The predicted molar refractivity (Wildman–Crippen MR) is 52.5 cm³/mol. The third-order valence-corrected chi connectivity index (χ3v) is 2.98. The van der Waals surface area contributed by atoms with Gasteiger partial charge in [-0.25, -0.2) is 4.98 Å². The molecule has 2 aromatic rings. The van der Waals surface area contributed by atoms with Gasteiger partial charge in [0, 0.05) is 6.54 Å². The van der Waals surface area contributed by atoms with Crippen molar-refractivity contribution in [3.05, 3.63) is 28.8 Å². The first kappa shape index (κ1) is 10.4. The zero-order valence-corrected chi connectivity index (χ0v) is 8.32. The lowest BCUT2D eigenvalue weighted by molar-refractivity contribution is -0.137. The van der Waals surface area contributed by atoms with Crippen LogP contribution in [0.25, 0.3) is 10.2 Å². The number of alkyl halides is 3. The summed E-state index contributed by atoms with van der Waals surface area (Å²) in [7, 11) is 0. The van der Waals surface area contributed by atoms with E-state index < -0.39 is 11.7 Å². The van der Waals surface area contributed by atoms with Crippen LogP contribution in [0.5, 0.6) is 0 Å². The smallest absolute Gasteiger partial charge is 0.325 e. The summed E-state index contributed by atoms with van der Waals surface area (Å²) < 4.78 is 37.6. The summed E-state index contributed by atoms with van der Waals surface area (Å²) >= 11 is 1.19. The Labute approximate surface area is 87.5 Å². The molecule has 6 heteroatoms. The SMILES string of the molecule is NCc1nc2ccc(C(F)(F)F)cc2s1. The van der Waals surface area contributed by atoms with Crippen LogP contribution in [0, 0.1) is 0 Å². The highest BCUT2D eigenvalue weighted by Crippen LogP contribution is 2.32. The fourth-order valence-electron chi connectivity index (χ4n) is 1.24. The lowest BCUT2D eigenvalue weighted by Gasteiger charge is -2.04. The lowest BCUT2D eigenvalue weighted by Crippen LogP contribution is -2.03. The second-order valence-corrected chi connectivity index (χ2v) is 4.11. The Bertz CT molecular complexity index is 490. The molecule has 0 aliphatic carbocycles. The number of nitrogens with zero attached hydrogens (tertiary/aromatic N) is 1. The van der Waals surface area contributed by atoms with Gasteiger partial charge < -0.3 is 5.73 Å². The Morgan fingerprint density at radius 1 is 1.33 bits per heavy atom. The van der Waals surface area contributed by atoms with Crippen molar-refractivity contribution in [2.75, 3.05) is 0 Å². The number of hydrogen-bond donors (Lipinski definition) is 1. The summed E-state index contributed by atoms with van der Waals surface area (Å²) in [6, 6.07) is 3.50. The number of benzene rings is 1. The summed E-state index contributed by atoms with van der Waals surface area (Å²) in [6.45, 7) is 0.251. The molecule has 15 heavy (non-hydrogen) atoms. The van der Waals surface area contributed by atoms with Gasteiger partial charge in [-0.05, 0) is 18.2 Å². The van der Waals surface area contributed by atoms with Crippen molar-refractivity contribution >= 4 is 21.6 Å². The Morgan fingerprint density at radius 2 is 2.07 bits per heavy atom. The third-order valence-electron chi connectivity index (χ3n) is 1.93. The molecule has 0 saturated carbocycles. The average molecular weight is 232 g/mol. The van der Waals surface area contributed by atoms with E-state index in [4.69, 9.17) is 5.73 Å². The normalized spacial score (nSPS) is 12.3. The minimum absolute atomic E-state index is 0.251. The van der Waals surface area contributed by atoms with Crippen LogP contribution >= 0.6 is 11.3 Å². The second kappa shape index (κ2) is 3.46. The number of rotatable bonds is 1. The van der Waals surface area contributed by atoms with Gasteiger partial charge >= 0.3 is 6.18 Å². The molecule has 0 fully saturated rings. The number of aromatic nitrogens is 1. The van der Waals surface area contributed by atoms with Crippen LogP contribution in [0.4, 0.5) is 13.2 Å². The van der Waals surface area contributed by atoms with Crippen LogP contribution in [0.2, 0.25) is 0 Å². The van der Waals surface area contributed by atoms with E-state index in [9.17, 15) is 13.2 Å². The fourth-order valence-corrected chi connectivity index (χ4v) is 2.12. The third kappa shape index (κ3) is 1.95. The van der Waals surface area contributed by atoms with Gasteiger partial charge in [0.05, 0.1) is 15.8 Å². The number of thiazole rings is 1. The zero-order chi connectivity index (χ0) is 11.1. The molecule has 0 bridgehead atoms. The minimum Gasteiger partial charge on any atom is -0.325 e. The first-order chi connectivity index (χ1) is 7.00. The van der Waals surface area contributed by atoms with Crippen molar-refractivity contribution in [2.45, 2.75) is 12.7 Å². The maximum absolute atomic E-state index is 12.4. The van der Waals surface area contributed by atoms with Gasteiger partial charge in [-0.1, -0.05) is 0 Å². The zero-order valence-electron chi connectivity index (χ0n) is 7.51. The highest BCUT2D eigenvalue weighted by molar-refractivity contribution is 7.18. The van der Waals surface area contributed by atoms with Crippen LogP contribution in [-0.2, 0) is 12.7 Å². The van der Waals surface area contributed by atoms with Crippen molar-refractivity contribution in [3.63, 3.8) is 0 Å². The van der Waals surface area contributed by atoms with Crippen molar-refractivity contribution in [1.82, 2.24) is 4.98 Å². The first-order valence-corrected chi connectivity index (χ1v) is 4.99. The fraction of sp³-hybridized carbons (Fsp3) is 0.222. The molecule has 0 unspecified atom stereocenters. The average Bonchev–Trinajstić information content (AvgIpc) is 2.57. The van der Waals surface area contributed by atoms with Crippen molar-refractivity contribution in [2.24, 2.45) is 5.73 Å². The van der Waals surface area contributed by atoms with E-state index in [1.807, 2.05) is 0 Å². The molecular formula is C9H7F3N2S. The van der Waals surface area contributed by atoms with Gasteiger partial charge in [0.2, 0.25) is 0 Å². The molecule has 2 N–H and O–H groups in total. The molecule has 1 aromatic heterocycles.